The van der Waals surface area contributed by atoms with E-state index < -0.39 is 22.1 Å². The summed E-state index contributed by atoms with van der Waals surface area (Å²) in [5, 5.41) is 8.99. The molecule has 158 valence electrons. The molecule has 0 bridgehead atoms. The summed E-state index contributed by atoms with van der Waals surface area (Å²) >= 11 is 0. The molecule has 0 saturated heterocycles. The summed E-state index contributed by atoms with van der Waals surface area (Å²) in [7, 11) is -3.28. The summed E-state index contributed by atoms with van der Waals surface area (Å²) in [4.78, 5) is 11.3. The molecule has 1 aromatic heterocycles. The lowest BCUT2D eigenvalue weighted by Crippen LogP contribution is -2.18. The summed E-state index contributed by atoms with van der Waals surface area (Å²) in [5.74, 6) is 0. The molecule has 7 heteroatoms. The van der Waals surface area contributed by atoms with E-state index in [1.165, 1.54) is 6.26 Å². The molecule has 0 aliphatic carbocycles. The number of para-hydroxylation sites is 1. The Labute approximate surface area is 176 Å². The fourth-order valence-corrected chi connectivity index (χ4v) is 4.15. The molecule has 1 unspecified atom stereocenters. The minimum absolute atomic E-state index is 0.266. The molecule has 2 aromatic carbocycles. The van der Waals surface area contributed by atoms with Gasteiger partial charge in [0.1, 0.15) is 6.10 Å². The van der Waals surface area contributed by atoms with Gasteiger partial charge in [0.25, 0.3) is 0 Å². The molecule has 6 nitrogen and oxygen atoms in total. The third kappa shape index (κ3) is 4.74. The van der Waals surface area contributed by atoms with Gasteiger partial charge < -0.3 is 14.4 Å². The first-order valence-electron chi connectivity index (χ1n) is 9.67. The van der Waals surface area contributed by atoms with E-state index in [9.17, 15) is 13.2 Å². The SMILES string of the molecule is CCC(Cc1cc(-c2ccc(S(C)(=O)=O)cc2)n(-c2ccccc2)c1C)OC(=O)O. The van der Waals surface area contributed by atoms with Gasteiger partial charge in [-0.25, -0.2) is 13.2 Å². The van der Waals surface area contributed by atoms with Crippen molar-refractivity contribution in [3.8, 4) is 16.9 Å². The van der Waals surface area contributed by atoms with Crippen LogP contribution in [0.2, 0.25) is 0 Å². The average Bonchev–Trinajstić information content (AvgIpc) is 3.03. The molecule has 0 aliphatic heterocycles. The molecular weight excluding hydrogens is 402 g/mol. The van der Waals surface area contributed by atoms with Crippen LogP contribution >= 0.6 is 0 Å². The Hall–Kier alpha value is -3.06. The van der Waals surface area contributed by atoms with Crippen LogP contribution in [0.1, 0.15) is 24.6 Å². The van der Waals surface area contributed by atoms with Crippen LogP contribution < -0.4 is 0 Å². The molecule has 0 spiro atoms. The van der Waals surface area contributed by atoms with Gasteiger partial charge in [-0.05, 0) is 54.8 Å². The van der Waals surface area contributed by atoms with Gasteiger partial charge in [-0.1, -0.05) is 37.3 Å². The standard InChI is InChI=1S/C23H25NO5S/c1-4-20(29-23(25)26)14-18-15-22(17-10-12-21(13-11-17)30(3,27)28)24(16(18)2)19-8-6-5-7-9-19/h5-13,15,20H,4,14H2,1-3H3,(H,25,26). The van der Waals surface area contributed by atoms with Crippen molar-refractivity contribution in [2.75, 3.05) is 6.26 Å². The van der Waals surface area contributed by atoms with E-state index in [2.05, 4.69) is 4.57 Å². The third-order valence-electron chi connectivity index (χ3n) is 5.12. The summed E-state index contributed by atoms with van der Waals surface area (Å²) in [6.07, 6.45) is 0.500. The highest BCUT2D eigenvalue weighted by molar-refractivity contribution is 7.90. The molecule has 0 amide bonds. The van der Waals surface area contributed by atoms with Gasteiger partial charge in [-0.15, -0.1) is 0 Å². The minimum atomic E-state index is -3.28. The maximum absolute atomic E-state index is 11.8. The fourth-order valence-electron chi connectivity index (χ4n) is 3.52. The molecular formula is C23H25NO5S. The first kappa shape index (κ1) is 21.6. The summed E-state index contributed by atoms with van der Waals surface area (Å²) in [6, 6.07) is 18.6. The van der Waals surface area contributed by atoms with Crippen molar-refractivity contribution in [3.05, 3.63) is 71.9 Å². The number of rotatable bonds is 7. The Morgan fingerprint density at radius 1 is 1.10 bits per heavy atom. The van der Waals surface area contributed by atoms with Crippen LogP contribution in [0.5, 0.6) is 0 Å². The number of benzene rings is 2. The molecule has 0 radical (unpaired) electrons. The van der Waals surface area contributed by atoms with Gasteiger partial charge >= 0.3 is 6.16 Å². The number of hydrogen-bond acceptors (Lipinski definition) is 4. The molecule has 0 fully saturated rings. The number of hydrogen-bond donors (Lipinski definition) is 1. The van der Waals surface area contributed by atoms with Crippen LogP contribution in [0.3, 0.4) is 0 Å². The maximum Gasteiger partial charge on any atom is 0.506 e. The van der Waals surface area contributed by atoms with Crippen molar-refractivity contribution in [1.82, 2.24) is 4.57 Å². The number of nitrogens with zero attached hydrogens (tertiary/aromatic N) is 1. The summed E-state index contributed by atoms with van der Waals surface area (Å²) in [5.41, 5.74) is 4.70. The molecule has 1 heterocycles. The topological polar surface area (TPSA) is 85.6 Å². The Bertz CT molecular complexity index is 1130. The first-order chi connectivity index (χ1) is 14.2. The largest absolute Gasteiger partial charge is 0.506 e. The van der Waals surface area contributed by atoms with Gasteiger partial charge in [-0.2, -0.15) is 0 Å². The number of sulfone groups is 1. The monoisotopic (exact) mass is 427 g/mol. The number of ether oxygens (including phenoxy) is 1. The average molecular weight is 428 g/mol. The van der Waals surface area contributed by atoms with Crippen LogP contribution in [-0.2, 0) is 21.0 Å². The Kier molecular flexibility index (Phi) is 6.31. The molecule has 3 aromatic rings. The van der Waals surface area contributed by atoms with Crippen molar-refractivity contribution in [3.63, 3.8) is 0 Å². The van der Waals surface area contributed by atoms with Crippen molar-refractivity contribution in [1.29, 1.82) is 0 Å². The van der Waals surface area contributed by atoms with Gasteiger partial charge in [-0.3, -0.25) is 0 Å². The van der Waals surface area contributed by atoms with Crippen molar-refractivity contribution >= 4 is 16.0 Å². The Morgan fingerprint density at radius 3 is 2.27 bits per heavy atom. The van der Waals surface area contributed by atoms with Crippen molar-refractivity contribution < 1.29 is 23.1 Å². The van der Waals surface area contributed by atoms with E-state index in [1.807, 2.05) is 50.2 Å². The van der Waals surface area contributed by atoms with Crippen LogP contribution in [0.25, 0.3) is 16.9 Å². The maximum atomic E-state index is 11.8. The van der Waals surface area contributed by atoms with E-state index in [0.29, 0.717) is 12.8 Å². The number of carbonyl (C=O) groups is 1. The Morgan fingerprint density at radius 2 is 1.73 bits per heavy atom. The van der Waals surface area contributed by atoms with E-state index >= 15 is 0 Å². The zero-order valence-corrected chi connectivity index (χ0v) is 18.0. The van der Waals surface area contributed by atoms with E-state index in [4.69, 9.17) is 9.84 Å². The van der Waals surface area contributed by atoms with Gasteiger partial charge in [0, 0.05) is 24.1 Å². The van der Waals surface area contributed by atoms with E-state index in [-0.39, 0.29) is 4.90 Å². The van der Waals surface area contributed by atoms with Crippen LogP contribution in [0.15, 0.2) is 65.6 Å². The van der Waals surface area contributed by atoms with Gasteiger partial charge in [0.15, 0.2) is 9.84 Å². The molecule has 0 aliphatic rings. The first-order valence-corrected chi connectivity index (χ1v) is 11.6. The van der Waals surface area contributed by atoms with Crippen LogP contribution in [-0.4, -0.2) is 36.6 Å². The zero-order valence-electron chi connectivity index (χ0n) is 17.2. The van der Waals surface area contributed by atoms with E-state index in [1.54, 1.807) is 24.3 Å². The van der Waals surface area contributed by atoms with Gasteiger partial charge in [0.2, 0.25) is 0 Å². The normalized spacial score (nSPS) is 12.5. The van der Waals surface area contributed by atoms with E-state index in [0.717, 1.165) is 28.2 Å². The molecule has 30 heavy (non-hydrogen) atoms. The fraction of sp³-hybridized carbons (Fsp3) is 0.261. The molecule has 0 saturated carbocycles. The van der Waals surface area contributed by atoms with Crippen LogP contribution in [0, 0.1) is 6.92 Å². The highest BCUT2D eigenvalue weighted by atomic mass is 32.2. The summed E-state index contributed by atoms with van der Waals surface area (Å²) in [6.45, 7) is 3.88. The smallest absolute Gasteiger partial charge is 0.450 e. The predicted octanol–water partition coefficient (Wildman–Crippen LogP) is 4.87. The zero-order chi connectivity index (χ0) is 21.9. The Balaban J connectivity index is 2.10. The second-order valence-corrected chi connectivity index (χ2v) is 9.24. The number of carboxylic acid groups (broad SMARTS) is 1. The lowest BCUT2D eigenvalue weighted by Gasteiger charge is -2.15. The quantitative estimate of drug-likeness (QED) is 0.544. The highest BCUT2D eigenvalue weighted by Crippen LogP contribution is 2.31. The molecule has 1 atom stereocenters. The minimum Gasteiger partial charge on any atom is -0.450 e. The lowest BCUT2D eigenvalue weighted by atomic mass is 10.1. The second-order valence-electron chi connectivity index (χ2n) is 7.23. The summed E-state index contributed by atoms with van der Waals surface area (Å²) < 4.78 is 30.7. The third-order valence-corrected chi connectivity index (χ3v) is 6.24. The van der Waals surface area contributed by atoms with Crippen molar-refractivity contribution in [2.24, 2.45) is 0 Å². The molecule has 1 N–H and O–H groups in total. The lowest BCUT2D eigenvalue weighted by molar-refractivity contribution is 0.0502. The van der Waals surface area contributed by atoms with Gasteiger partial charge in [0.05, 0.1) is 10.6 Å². The highest BCUT2D eigenvalue weighted by Gasteiger charge is 2.20. The predicted molar refractivity (Wildman–Crippen MR) is 116 cm³/mol. The number of aromatic nitrogens is 1. The molecule has 3 rings (SSSR count). The van der Waals surface area contributed by atoms with Crippen molar-refractivity contribution in [2.45, 2.75) is 37.7 Å². The second kappa shape index (κ2) is 8.75. The van der Waals surface area contributed by atoms with Crippen LogP contribution in [0.4, 0.5) is 4.79 Å².